The lowest BCUT2D eigenvalue weighted by Crippen LogP contribution is -2.58. The largest absolute Gasteiger partial charge is 0.459 e. The van der Waals surface area contributed by atoms with Crippen LogP contribution in [0.5, 0.6) is 0 Å². The highest BCUT2D eigenvalue weighted by molar-refractivity contribution is 5.89. The predicted molar refractivity (Wildman–Crippen MR) is 89.3 cm³/mol. The first-order chi connectivity index (χ1) is 12.3. The van der Waals surface area contributed by atoms with E-state index < -0.39 is 41.8 Å². The number of ether oxygens (including phenoxy) is 4. The predicted octanol–water partition coefficient (Wildman–Crippen LogP) is 2.03. The van der Waals surface area contributed by atoms with Crippen LogP contribution in [-0.2, 0) is 28.5 Å². The van der Waals surface area contributed by atoms with Crippen molar-refractivity contribution in [3.63, 3.8) is 0 Å². The lowest BCUT2D eigenvalue weighted by molar-refractivity contribution is -0.195. The average molecular weight is 362 g/mol. The number of hydrogen-bond acceptors (Lipinski definition) is 7. The summed E-state index contributed by atoms with van der Waals surface area (Å²) in [6, 6.07) is 8.72. The van der Waals surface area contributed by atoms with E-state index in [2.05, 4.69) is 0 Å². The Morgan fingerprint density at radius 1 is 1.00 bits per heavy atom. The van der Waals surface area contributed by atoms with E-state index in [0.717, 1.165) is 0 Å². The van der Waals surface area contributed by atoms with Gasteiger partial charge in [-0.1, -0.05) is 18.2 Å². The Kier molecular flexibility index (Phi) is 5.00. The molecule has 3 atom stereocenters. The third kappa shape index (κ3) is 3.58. The summed E-state index contributed by atoms with van der Waals surface area (Å²) in [5.41, 5.74) is -0.323. The van der Waals surface area contributed by atoms with Crippen LogP contribution in [0.4, 0.5) is 0 Å². The van der Waals surface area contributed by atoms with Crippen molar-refractivity contribution in [2.45, 2.75) is 63.6 Å². The van der Waals surface area contributed by atoms with Crippen molar-refractivity contribution < 1.29 is 33.3 Å². The highest BCUT2D eigenvalue weighted by atomic mass is 16.6. The molecule has 1 saturated heterocycles. The molecular formula is C19H22O7. The standard InChI is InChI=1S/C19H22O7/c1-11-16(23-12(2)20)17(24-13(3)21)19(26-11)9-15(10-19)25-18(22)14-7-5-4-6-8-14/h4-8,11,15-17H,9-10H2,1-3H3/t11?,15-,16-,17-,19+/m0/s1. The first-order valence-corrected chi connectivity index (χ1v) is 8.59. The molecule has 140 valence electrons. The first-order valence-electron chi connectivity index (χ1n) is 8.59. The molecule has 0 aromatic heterocycles. The Labute approximate surface area is 151 Å². The van der Waals surface area contributed by atoms with Crippen molar-refractivity contribution in [2.24, 2.45) is 0 Å². The maximum absolute atomic E-state index is 12.2. The van der Waals surface area contributed by atoms with Gasteiger partial charge in [0.25, 0.3) is 0 Å². The number of carbonyl (C=O) groups is 3. The van der Waals surface area contributed by atoms with Crippen molar-refractivity contribution in [3.05, 3.63) is 35.9 Å². The molecule has 26 heavy (non-hydrogen) atoms. The van der Waals surface area contributed by atoms with E-state index in [1.165, 1.54) is 13.8 Å². The summed E-state index contributed by atoms with van der Waals surface area (Å²) in [5, 5.41) is 0. The Hall–Kier alpha value is -2.41. The molecule has 0 amide bonds. The van der Waals surface area contributed by atoms with Gasteiger partial charge in [0, 0.05) is 26.7 Å². The highest BCUT2D eigenvalue weighted by Crippen LogP contribution is 2.49. The molecule has 7 heteroatoms. The van der Waals surface area contributed by atoms with Crippen molar-refractivity contribution in [1.29, 1.82) is 0 Å². The van der Waals surface area contributed by atoms with Crippen LogP contribution in [0.1, 0.15) is 44.0 Å². The maximum atomic E-state index is 12.2. The van der Waals surface area contributed by atoms with Gasteiger partial charge in [0.2, 0.25) is 0 Å². The summed E-state index contributed by atoms with van der Waals surface area (Å²) < 4.78 is 22.2. The topological polar surface area (TPSA) is 88.1 Å². The Bertz CT molecular complexity index is 693. The lowest BCUT2D eigenvalue weighted by atomic mass is 9.73. The molecule has 7 nitrogen and oxygen atoms in total. The van der Waals surface area contributed by atoms with Gasteiger partial charge in [0.1, 0.15) is 11.7 Å². The fourth-order valence-corrected chi connectivity index (χ4v) is 3.67. The summed E-state index contributed by atoms with van der Waals surface area (Å²) in [7, 11) is 0. The molecule has 1 aliphatic heterocycles. The Morgan fingerprint density at radius 2 is 1.62 bits per heavy atom. The Morgan fingerprint density at radius 3 is 2.19 bits per heavy atom. The minimum Gasteiger partial charge on any atom is -0.459 e. The summed E-state index contributed by atoms with van der Waals surface area (Å²) in [6.07, 6.45) is -1.40. The van der Waals surface area contributed by atoms with Gasteiger partial charge in [0.15, 0.2) is 12.2 Å². The van der Waals surface area contributed by atoms with Crippen LogP contribution >= 0.6 is 0 Å². The molecular weight excluding hydrogens is 340 g/mol. The molecule has 1 unspecified atom stereocenters. The molecule has 1 spiro atoms. The van der Waals surface area contributed by atoms with Gasteiger partial charge in [0.05, 0.1) is 11.7 Å². The van der Waals surface area contributed by atoms with Crippen LogP contribution in [0.3, 0.4) is 0 Å². The first kappa shape index (κ1) is 18.4. The van der Waals surface area contributed by atoms with Crippen LogP contribution in [0.25, 0.3) is 0 Å². The third-order valence-electron chi connectivity index (χ3n) is 4.72. The second kappa shape index (κ2) is 7.07. The van der Waals surface area contributed by atoms with E-state index in [9.17, 15) is 14.4 Å². The molecule has 1 saturated carbocycles. The average Bonchev–Trinajstić information content (AvgIpc) is 2.80. The maximum Gasteiger partial charge on any atom is 0.338 e. The summed E-state index contributed by atoms with van der Waals surface area (Å²) in [6.45, 7) is 4.36. The SMILES string of the molecule is CC(=O)O[C@H]1C(C)O[C@]2(C[C@@H](OC(=O)c3ccccc3)C2)[C@H]1OC(C)=O. The normalized spacial score (nSPS) is 32.6. The van der Waals surface area contributed by atoms with Crippen molar-refractivity contribution in [2.75, 3.05) is 0 Å². The minimum absolute atomic E-state index is 0.343. The zero-order chi connectivity index (χ0) is 18.9. The Balaban J connectivity index is 1.67. The van der Waals surface area contributed by atoms with E-state index in [1.807, 2.05) is 6.07 Å². The van der Waals surface area contributed by atoms with E-state index >= 15 is 0 Å². The van der Waals surface area contributed by atoms with Gasteiger partial charge in [-0.2, -0.15) is 0 Å². The fraction of sp³-hybridized carbons (Fsp3) is 0.526. The molecule has 0 bridgehead atoms. The molecule has 2 aliphatic rings. The van der Waals surface area contributed by atoms with Crippen LogP contribution < -0.4 is 0 Å². The zero-order valence-electron chi connectivity index (χ0n) is 15.0. The van der Waals surface area contributed by atoms with Crippen LogP contribution in [0.15, 0.2) is 30.3 Å². The van der Waals surface area contributed by atoms with E-state index in [0.29, 0.717) is 18.4 Å². The summed E-state index contributed by atoms with van der Waals surface area (Å²) in [4.78, 5) is 35.0. The van der Waals surface area contributed by atoms with Crippen LogP contribution in [0.2, 0.25) is 0 Å². The number of esters is 3. The van der Waals surface area contributed by atoms with Crippen LogP contribution in [-0.4, -0.2) is 47.9 Å². The van der Waals surface area contributed by atoms with Gasteiger partial charge in [-0.3, -0.25) is 9.59 Å². The zero-order valence-corrected chi connectivity index (χ0v) is 15.0. The molecule has 1 aromatic carbocycles. The minimum atomic E-state index is -0.799. The van der Waals surface area contributed by atoms with Crippen molar-refractivity contribution >= 4 is 17.9 Å². The van der Waals surface area contributed by atoms with Gasteiger partial charge in [-0.25, -0.2) is 4.79 Å². The van der Waals surface area contributed by atoms with E-state index in [4.69, 9.17) is 18.9 Å². The lowest BCUT2D eigenvalue weighted by Gasteiger charge is -2.46. The quantitative estimate of drug-likeness (QED) is 0.598. The smallest absolute Gasteiger partial charge is 0.338 e. The van der Waals surface area contributed by atoms with Gasteiger partial charge >= 0.3 is 17.9 Å². The second-order valence-electron chi connectivity index (χ2n) is 6.79. The monoisotopic (exact) mass is 362 g/mol. The molecule has 1 heterocycles. The van der Waals surface area contributed by atoms with Crippen molar-refractivity contribution in [1.82, 2.24) is 0 Å². The molecule has 0 radical (unpaired) electrons. The van der Waals surface area contributed by atoms with Crippen LogP contribution in [0, 0.1) is 0 Å². The summed E-state index contributed by atoms with van der Waals surface area (Å²) >= 11 is 0. The highest BCUT2D eigenvalue weighted by Gasteiger charge is 2.64. The number of carbonyl (C=O) groups excluding carboxylic acids is 3. The van der Waals surface area contributed by atoms with Gasteiger partial charge < -0.3 is 18.9 Å². The second-order valence-corrected chi connectivity index (χ2v) is 6.79. The van der Waals surface area contributed by atoms with E-state index in [-0.39, 0.29) is 6.10 Å². The fourth-order valence-electron chi connectivity index (χ4n) is 3.67. The third-order valence-corrected chi connectivity index (χ3v) is 4.72. The number of benzene rings is 1. The number of rotatable bonds is 4. The molecule has 1 aliphatic carbocycles. The number of hydrogen-bond donors (Lipinski definition) is 0. The van der Waals surface area contributed by atoms with Gasteiger partial charge in [-0.15, -0.1) is 0 Å². The molecule has 3 rings (SSSR count). The summed E-state index contributed by atoms with van der Waals surface area (Å²) in [5.74, 6) is -1.35. The molecule has 1 aromatic rings. The van der Waals surface area contributed by atoms with Gasteiger partial charge in [-0.05, 0) is 19.1 Å². The van der Waals surface area contributed by atoms with Crippen molar-refractivity contribution in [3.8, 4) is 0 Å². The molecule has 2 fully saturated rings. The molecule has 0 N–H and O–H groups in total. The van der Waals surface area contributed by atoms with E-state index in [1.54, 1.807) is 31.2 Å².